The summed E-state index contributed by atoms with van der Waals surface area (Å²) in [5, 5.41) is 3.39. The standard InChI is InChI=1S/C30H24F6NSi/c1-4-37-27-8-6-5-7-23(27)24-15-20(13-14-28(24)37)38(21-11-9-18(2)25(16-21)29(31,32)33)22-12-10-19(3)26(17-22)30(34,35)36/h5-17H,4H2,1-3H3. The van der Waals surface area contributed by atoms with E-state index < -0.39 is 32.3 Å². The Bertz CT molecular complexity index is 1600. The minimum Gasteiger partial charge on any atom is -0.341 e. The lowest BCUT2D eigenvalue weighted by atomic mass is 10.1. The normalized spacial score (nSPS) is 12.7. The first-order chi connectivity index (χ1) is 17.9. The van der Waals surface area contributed by atoms with Gasteiger partial charge >= 0.3 is 12.4 Å². The second kappa shape index (κ2) is 9.34. The Morgan fingerprint density at radius 1 is 0.605 bits per heavy atom. The van der Waals surface area contributed by atoms with E-state index in [1.807, 2.05) is 49.4 Å². The number of benzene rings is 4. The molecule has 8 heteroatoms. The maximum absolute atomic E-state index is 13.9. The second-order valence-corrected chi connectivity index (χ2v) is 11.9. The molecule has 0 spiro atoms. The number of fused-ring (bicyclic) bond motifs is 3. The number of hydrogen-bond acceptors (Lipinski definition) is 0. The molecule has 0 N–H and O–H groups in total. The third kappa shape index (κ3) is 4.51. The van der Waals surface area contributed by atoms with Crippen LogP contribution in [0.5, 0.6) is 0 Å². The van der Waals surface area contributed by atoms with Crippen LogP contribution < -0.4 is 15.6 Å². The van der Waals surface area contributed by atoms with Gasteiger partial charge in [0.2, 0.25) is 0 Å². The molecule has 195 valence electrons. The summed E-state index contributed by atoms with van der Waals surface area (Å²) in [4.78, 5) is 0. The molecule has 5 aromatic rings. The molecule has 0 aliphatic carbocycles. The Labute approximate surface area is 217 Å². The summed E-state index contributed by atoms with van der Waals surface area (Å²) in [5.41, 5.74) is 0.598. The van der Waals surface area contributed by atoms with Crippen molar-refractivity contribution in [3.05, 3.63) is 101 Å². The summed E-state index contributed by atoms with van der Waals surface area (Å²) >= 11 is 0. The third-order valence-corrected chi connectivity index (χ3v) is 9.71. The molecule has 4 aromatic carbocycles. The van der Waals surface area contributed by atoms with Crippen LogP contribution in [0.25, 0.3) is 21.8 Å². The Morgan fingerprint density at radius 2 is 1.08 bits per heavy atom. The summed E-state index contributed by atoms with van der Waals surface area (Å²) in [5.74, 6) is 0. The average molecular weight is 541 g/mol. The Hall–Kier alpha value is -3.52. The molecule has 1 aromatic heterocycles. The maximum atomic E-state index is 13.9. The van der Waals surface area contributed by atoms with Crippen molar-refractivity contribution in [2.75, 3.05) is 0 Å². The predicted octanol–water partition coefficient (Wildman–Crippen LogP) is 6.99. The van der Waals surface area contributed by atoms with Crippen molar-refractivity contribution in [1.29, 1.82) is 0 Å². The van der Waals surface area contributed by atoms with E-state index in [0.717, 1.165) is 45.7 Å². The van der Waals surface area contributed by atoms with Gasteiger partial charge in [-0.05, 0) is 61.4 Å². The molecule has 38 heavy (non-hydrogen) atoms. The fraction of sp³-hybridized carbons (Fsp3) is 0.200. The van der Waals surface area contributed by atoms with Crippen molar-refractivity contribution in [2.24, 2.45) is 0 Å². The quantitative estimate of drug-likeness (QED) is 0.132. The van der Waals surface area contributed by atoms with E-state index in [2.05, 4.69) is 4.57 Å². The topological polar surface area (TPSA) is 4.93 Å². The van der Waals surface area contributed by atoms with E-state index in [0.29, 0.717) is 10.4 Å². The highest BCUT2D eigenvalue weighted by Gasteiger charge is 2.36. The van der Waals surface area contributed by atoms with E-state index in [4.69, 9.17) is 0 Å². The molecule has 0 atom stereocenters. The summed E-state index contributed by atoms with van der Waals surface area (Å²) in [6.45, 7) is 5.53. The first-order valence-corrected chi connectivity index (χ1v) is 13.6. The van der Waals surface area contributed by atoms with Gasteiger partial charge in [0, 0.05) is 28.4 Å². The van der Waals surface area contributed by atoms with Crippen molar-refractivity contribution in [3.63, 3.8) is 0 Å². The molecule has 1 nitrogen and oxygen atoms in total. The van der Waals surface area contributed by atoms with Gasteiger partial charge in [0.1, 0.15) is 0 Å². The van der Waals surface area contributed by atoms with Crippen LogP contribution >= 0.6 is 0 Å². The van der Waals surface area contributed by atoms with Crippen LogP contribution in [0.3, 0.4) is 0 Å². The van der Waals surface area contributed by atoms with Crippen molar-refractivity contribution < 1.29 is 26.3 Å². The minimum atomic E-state index is -4.57. The first-order valence-electron chi connectivity index (χ1n) is 12.1. The fourth-order valence-electron chi connectivity index (χ4n) is 5.22. The first kappa shape index (κ1) is 26.1. The molecule has 0 amide bonds. The number of aromatic nitrogens is 1. The van der Waals surface area contributed by atoms with Crippen LogP contribution in [-0.4, -0.2) is 13.4 Å². The number of aryl methyl sites for hydroxylation is 3. The second-order valence-electron chi connectivity index (χ2n) is 9.42. The van der Waals surface area contributed by atoms with Gasteiger partial charge < -0.3 is 4.57 Å². The molecule has 5 rings (SSSR count). The smallest absolute Gasteiger partial charge is 0.341 e. The highest BCUT2D eigenvalue weighted by atomic mass is 28.3. The zero-order valence-electron chi connectivity index (χ0n) is 20.9. The molecule has 1 heterocycles. The predicted molar refractivity (Wildman–Crippen MR) is 142 cm³/mol. The summed E-state index contributed by atoms with van der Waals surface area (Å²) in [6.07, 6.45) is -9.15. The fourth-order valence-corrected chi connectivity index (χ4v) is 7.83. The monoisotopic (exact) mass is 540 g/mol. The van der Waals surface area contributed by atoms with Gasteiger partial charge in [0.25, 0.3) is 0 Å². The molecule has 0 saturated heterocycles. The molecular formula is C30H24F6NSi. The van der Waals surface area contributed by atoms with Crippen LogP contribution in [0.1, 0.15) is 29.2 Å². The third-order valence-electron chi connectivity index (χ3n) is 7.04. The van der Waals surface area contributed by atoms with Crippen LogP contribution in [0.15, 0.2) is 78.9 Å². The van der Waals surface area contributed by atoms with Crippen LogP contribution in [-0.2, 0) is 18.9 Å². The van der Waals surface area contributed by atoms with Crippen molar-refractivity contribution in [2.45, 2.75) is 39.7 Å². The molecule has 0 fully saturated rings. The molecule has 0 saturated carbocycles. The van der Waals surface area contributed by atoms with Gasteiger partial charge in [0.15, 0.2) is 8.80 Å². The molecule has 0 unspecified atom stereocenters. The van der Waals surface area contributed by atoms with Gasteiger partial charge in [0.05, 0.1) is 11.1 Å². The maximum Gasteiger partial charge on any atom is 0.416 e. The lowest BCUT2D eigenvalue weighted by Crippen LogP contribution is -2.52. The van der Waals surface area contributed by atoms with Crippen molar-refractivity contribution >= 4 is 46.2 Å². The average Bonchev–Trinajstić information content (AvgIpc) is 3.18. The Balaban J connectivity index is 1.80. The number of hydrogen-bond donors (Lipinski definition) is 0. The minimum absolute atomic E-state index is 0.0731. The number of halogens is 6. The zero-order valence-corrected chi connectivity index (χ0v) is 21.9. The molecule has 0 aliphatic rings. The van der Waals surface area contributed by atoms with Gasteiger partial charge in [-0.25, -0.2) is 0 Å². The molecular weight excluding hydrogens is 516 g/mol. The highest BCUT2D eigenvalue weighted by Crippen LogP contribution is 2.33. The summed E-state index contributed by atoms with van der Waals surface area (Å²) < 4.78 is 85.3. The highest BCUT2D eigenvalue weighted by molar-refractivity contribution is 6.95. The van der Waals surface area contributed by atoms with E-state index in [1.165, 1.54) is 26.0 Å². The molecule has 0 aliphatic heterocycles. The number of alkyl halides is 6. The lowest BCUT2D eigenvalue weighted by Gasteiger charge is -2.21. The largest absolute Gasteiger partial charge is 0.416 e. The van der Waals surface area contributed by atoms with Gasteiger partial charge in [-0.1, -0.05) is 65.0 Å². The number of rotatable bonds is 4. The van der Waals surface area contributed by atoms with E-state index in [-0.39, 0.29) is 11.1 Å². The lowest BCUT2D eigenvalue weighted by molar-refractivity contribution is -0.138. The number of para-hydroxylation sites is 1. The Kier molecular flexibility index (Phi) is 6.42. The van der Waals surface area contributed by atoms with Gasteiger partial charge in [-0.2, -0.15) is 26.3 Å². The molecule has 1 radical (unpaired) electrons. The number of nitrogens with zero attached hydrogens (tertiary/aromatic N) is 1. The SMILES string of the molecule is CCn1c2ccccc2c2cc([Si](c3ccc(C)c(C(F)(F)F)c3)c3ccc(C)c(C(F)(F)F)c3)ccc21. The van der Waals surface area contributed by atoms with Crippen LogP contribution in [0.2, 0.25) is 0 Å². The van der Waals surface area contributed by atoms with Crippen LogP contribution in [0.4, 0.5) is 26.3 Å². The van der Waals surface area contributed by atoms with Gasteiger partial charge in [-0.3, -0.25) is 0 Å². The van der Waals surface area contributed by atoms with Crippen molar-refractivity contribution in [1.82, 2.24) is 4.57 Å². The zero-order chi connectivity index (χ0) is 27.4. The van der Waals surface area contributed by atoms with Crippen LogP contribution in [0, 0.1) is 13.8 Å². The molecule has 0 bridgehead atoms. The van der Waals surface area contributed by atoms with Crippen molar-refractivity contribution in [3.8, 4) is 0 Å². The van der Waals surface area contributed by atoms with Gasteiger partial charge in [-0.15, -0.1) is 0 Å². The van der Waals surface area contributed by atoms with E-state index in [1.54, 1.807) is 12.1 Å². The van der Waals surface area contributed by atoms with E-state index in [9.17, 15) is 26.3 Å². The Morgan fingerprint density at radius 3 is 1.61 bits per heavy atom. The van der Waals surface area contributed by atoms with E-state index >= 15 is 0 Å². The summed E-state index contributed by atoms with van der Waals surface area (Å²) in [6, 6.07) is 21.8. The summed E-state index contributed by atoms with van der Waals surface area (Å²) in [7, 11) is -2.24.